The Morgan fingerprint density at radius 1 is 1.64 bits per heavy atom. The van der Waals surface area contributed by atoms with Crippen molar-refractivity contribution >= 4 is 0 Å². The van der Waals surface area contributed by atoms with Crippen LogP contribution in [-0.4, -0.2) is 58.0 Å². The third-order valence-corrected chi connectivity index (χ3v) is 2.77. The summed E-state index contributed by atoms with van der Waals surface area (Å²) in [5.41, 5.74) is 6.09. The van der Waals surface area contributed by atoms with Gasteiger partial charge in [0.2, 0.25) is 0 Å². The smallest absolute Gasteiger partial charge is 0.0589 e. The molecule has 1 rings (SSSR count). The molecule has 0 aromatic rings. The van der Waals surface area contributed by atoms with E-state index < -0.39 is 0 Å². The molecule has 1 aliphatic heterocycles. The standard InChI is InChI=1S/C10H22N2O2/c1-12(4-6-13-2)7-10(11)9-3-5-14-8-9/h9-10H,3-8,11H2,1-2H3. The van der Waals surface area contributed by atoms with Crippen LogP contribution in [-0.2, 0) is 9.47 Å². The zero-order valence-electron chi connectivity index (χ0n) is 9.24. The van der Waals surface area contributed by atoms with Gasteiger partial charge in [-0.3, -0.25) is 0 Å². The van der Waals surface area contributed by atoms with Crippen molar-refractivity contribution in [2.75, 3.05) is 47.1 Å². The van der Waals surface area contributed by atoms with E-state index in [0.29, 0.717) is 5.92 Å². The van der Waals surface area contributed by atoms with Crippen LogP contribution in [0, 0.1) is 5.92 Å². The predicted octanol–water partition coefficient (Wildman–Crippen LogP) is -0.0716. The molecule has 84 valence electrons. The zero-order chi connectivity index (χ0) is 10.4. The summed E-state index contributed by atoms with van der Waals surface area (Å²) < 4.78 is 10.3. The molecule has 0 spiro atoms. The summed E-state index contributed by atoms with van der Waals surface area (Å²) in [5.74, 6) is 0.542. The first-order chi connectivity index (χ1) is 6.74. The molecule has 0 bridgehead atoms. The normalized spacial score (nSPS) is 24.4. The lowest BCUT2D eigenvalue weighted by Crippen LogP contribution is -2.42. The Morgan fingerprint density at radius 3 is 3.00 bits per heavy atom. The third kappa shape index (κ3) is 3.92. The molecule has 0 amide bonds. The molecule has 2 N–H and O–H groups in total. The van der Waals surface area contributed by atoms with Crippen molar-refractivity contribution < 1.29 is 9.47 Å². The lowest BCUT2D eigenvalue weighted by atomic mass is 10.00. The van der Waals surface area contributed by atoms with Crippen molar-refractivity contribution in [2.45, 2.75) is 12.5 Å². The fourth-order valence-corrected chi connectivity index (χ4v) is 1.74. The van der Waals surface area contributed by atoms with Crippen LogP contribution in [0.1, 0.15) is 6.42 Å². The molecule has 1 aliphatic rings. The SMILES string of the molecule is COCCN(C)CC(N)C1CCOC1. The number of nitrogens with two attached hydrogens (primary N) is 1. The van der Waals surface area contributed by atoms with Crippen LogP contribution >= 0.6 is 0 Å². The molecule has 14 heavy (non-hydrogen) atoms. The molecule has 2 atom stereocenters. The van der Waals surface area contributed by atoms with Gasteiger partial charge in [0, 0.05) is 38.8 Å². The highest BCUT2D eigenvalue weighted by atomic mass is 16.5. The maximum Gasteiger partial charge on any atom is 0.0589 e. The molecule has 4 nitrogen and oxygen atoms in total. The number of rotatable bonds is 6. The van der Waals surface area contributed by atoms with Crippen molar-refractivity contribution in [3.8, 4) is 0 Å². The fraction of sp³-hybridized carbons (Fsp3) is 1.00. The minimum absolute atomic E-state index is 0.236. The second-order valence-electron chi connectivity index (χ2n) is 4.04. The Balaban J connectivity index is 2.14. The Morgan fingerprint density at radius 2 is 2.43 bits per heavy atom. The number of hydrogen-bond donors (Lipinski definition) is 1. The van der Waals surface area contributed by atoms with Gasteiger partial charge in [0.15, 0.2) is 0 Å². The van der Waals surface area contributed by atoms with Gasteiger partial charge < -0.3 is 20.1 Å². The van der Waals surface area contributed by atoms with Gasteiger partial charge in [-0.1, -0.05) is 0 Å². The molecule has 1 fully saturated rings. The van der Waals surface area contributed by atoms with Crippen LogP contribution in [0.4, 0.5) is 0 Å². The summed E-state index contributed by atoms with van der Waals surface area (Å²) >= 11 is 0. The summed E-state index contributed by atoms with van der Waals surface area (Å²) in [6, 6.07) is 0.236. The molecule has 1 heterocycles. The maximum atomic E-state index is 6.09. The maximum absolute atomic E-state index is 6.09. The van der Waals surface area contributed by atoms with Gasteiger partial charge >= 0.3 is 0 Å². The minimum atomic E-state index is 0.236. The van der Waals surface area contributed by atoms with E-state index in [9.17, 15) is 0 Å². The van der Waals surface area contributed by atoms with Crippen molar-refractivity contribution in [3.05, 3.63) is 0 Å². The topological polar surface area (TPSA) is 47.7 Å². The number of hydrogen-bond acceptors (Lipinski definition) is 4. The van der Waals surface area contributed by atoms with Gasteiger partial charge in [-0.05, 0) is 13.5 Å². The van der Waals surface area contributed by atoms with Crippen LogP contribution in [0.3, 0.4) is 0 Å². The van der Waals surface area contributed by atoms with Crippen LogP contribution < -0.4 is 5.73 Å². The molecule has 4 heteroatoms. The van der Waals surface area contributed by atoms with Gasteiger partial charge in [0.1, 0.15) is 0 Å². The van der Waals surface area contributed by atoms with Crippen LogP contribution in [0.2, 0.25) is 0 Å². The highest BCUT2D eigenvalue weighted by Gasteiger charge is 2.23. The number of ether oxygens (including phenoxy) is 2. The Labute approximate surface area is 86.3 Å². The van der Waals surface area contributed by atoms with Gasteiger partial charge in [-0.15, -0.1) is 0 Å². The molecule has 0 aromatic carbocycles. The van der Waals surface area contributed by atoms with E-state index >= 15 is 0 Å². The van der Waals surface area contributed by atoms with Crippen molar-refractivity contribution in [2.24, 2.45) is 11.7 Å². The van der Waals surface area contributed by atoms with Crippen LogP contribution in [0.25, 0.3) is 0 Å². The van der Waals surface area contributed by atoms with Crippen LogP contribution in [0.5, 0.6) is 0 Å². The molecular formula is C10H22N2O2. The lowest BCUT2D eigenvalue weighted by Gasteiger charge is -2.24. The quantitative estimate of drug-likeness (QED) is 0.655. The molecule has 1 saturated heterocycles. The highest BCUT2D eigenvalue weighted by Crippen LogP contribution is 2.15. The zero-order valence-corrected chi connectivity index (χ0v) is 9.24. The average molecular weight is 202 g/mol. The monoisotopic (exact) mass is 202 g/mol. The van der Waals surface area contributed by atoms with Crippen molar-refractivity contribution in [1.29, 1.82) is 0 Å². The van der Waals surface area contributed by atoms with E-state index in [-0.39, 0.29) is 6.04 Å². The van der Waals surface area contributed by atoms with E-state index in [2.05, 4.69) is 11.9 Å². The van der Waals surface area contributed by atoms with Gasteiger partial charge in [0.25, 0.3) is 0 Å². The Bertz CT molecular complexity index is 149. The number of likely N-dealkylation sites (N-methyl/N-ethyl adjacent to an activating group) is 1. The number of nitrogens with zero attached hydrogens (tertiary/aromatic N) is 1. The largest absolute Gasteiger partial charge is 0.383 e. The third-order valence-electron chi connectivity index (χ3n) is 2.77. The molecule has 2 unspecified atom stereocenters. The average Bonchev–Trinajstić information content (AvgIpc) is 2.67. The first kappa shape index (κ1) is 11.9. The predicted molar refractivity (Wildman–Crippen MR) is 56.3 cm³/mol. The molecule has 0 aliphatic carbocycles. The van der Waals surface area contributed by atoms with Crippen LogP contribution in [0.15, 0.2) is 0 Å². The molecular weight excluding hydrogens is 180 g/mol. The van der Waals surface area contributed by atoms with E-state index in [1.54, 1.807) is 7.11 Å². The summed E-state index contributed by atoms with van der Waals surface area (Å²) in [6.45, 7) is 4.35. The first-order valence-electron chi connectivity index (χ1n) is 5.25. The summed E-state index contributed by atoms with van der Waals surface area (Å²) in [6.07, 6.45) is 1.11. The molecule has 0 saturated carbocycles. The van der Waals surface area contributed by atoms with E-state index in [0.717, 1.165) is 39.3 Å². The Hall–Kier alpha value is -0.160. The Kier molecular flexibility index (Phi) is 5.40. The van der Waals surface area contributed by atoms with Gasteiger partial charge in [0.05, 0.1) is 13.2 Å². The number of methoxy groups -OCH3 is 1. The van der Waals surface area contributed by atoms with E-state index in [4.69, 9.17) is 15.2 Å². The minimum Gasteiger partial charge on any atom is -0.383 e. The lowest BCUT2D eigenvalue weighted by molar-refractivity contribution is 0.147. The summed E-state index contributed by atoms with van der Waals surface area (Å²) in [4.78, 5) is 2.21. The van der Waals surface area contributed by atoms with E-state index in [1.807, 2.05) is 0 Å². The van der Waals surface area contributed by atoms with Gasteiger partial charge in [-0.25, -0.2) is 0 Å². The van der Waals surface area contributed by atoms with Crippen molar-refractivity contribution in [1.82, 2.24) is 4.90 Å². The van der Waals surface area contributed by atoms with Gasteiger partial charge in [-0.2, -0.15) is 0 Å². The molecule has 0 aromatic heterocycles. The molecule has 0 radical (unpaired) electrons. The second kappa shape index (κ2) is 6.35. The fourth-order valence-electron chi connectivity index (χ4n) is 1.74. The van der Waals surface area contributed by atoms with Crippen molar-refractivity contribution in [3.63, 3.8) is 0 Å². The second-order valence-corrected chi connectivity index (χ2v) is 4.04. The summed E-state index contributed by atoms with van der Waals surface area (Å²) in [5, 5.41) is 0. The highest BCUT2D eigenvalue weighted by molar-refractivity contribution is 4.78. The van der Waals surface area contributed by atoms with E-state index in [1.165, 1.54) is 0 Å². The summed E-state index contributed by atoms with van der Waals surface area (Å²) in [7, 11) is 3.80. The first-order valence-corrected chi connectivity index (χ1v) is 5.25.